The zero-order valence-corrected chi connectivity index (χ0v) is 12.3. The van der Waals surface area contributed by atoms with Gasteiger partial charge >= 0.3 is 0 Å². The van der Waals surface area contributed by atoms with Crippen LogP contribution in [0.25, 0.3) is 11.2 Å². The van der Waals surface area contributed by atoms with Crippen LogP contribution < -0.4 is 4.74 Å². The van der Waals surface area contributed by atoms with Gasteiger partial charge < -0.3 is 14.2 Å². The van der Waals surface area contributed by atoms with E-state index in [1.807, 2.05) is 25.6 Å². The van der Waals surface area contributed by atoms with E-state index in [2.05, 4.69) is 19.9 Å². The summed E-state index contributed by atoms with van der Waals surface area (Å²) in [5.74, 6) is 1.27. The lowest BCUT2D eigenvalue weighted by Gasteiger charge is -2.13. The van der Waals surface area contributed by atoms with Gasteiger partial charge in [-0.2, -0.15) is 4.98 Å². The van der Waals surface area contributed by atoms with Crippen molar-refractivity contribution in [2.24, 2.45) is 0 Å². The standard InChI is InChI=1S/C12H18ClN5O/c1-8(13)10-16-9-11(14-7-15-12(9)19-4)18(10)6-5-17(2)3/h7-8H,5-6H2,1-4H3. The summed E-state index contributed by atoms with van der Waals surface area (Å²) in [5.41, 5.74) is 1.42. The van der Waals surface area contributed by atoms with E-state index in [1.165, 1.54) is 6.33 Å². The number of methoxy groups -OCH3 is 1. The van der Waals surface area contributed by atoms with Gasteiger partial charge in [-0.05, 0) is 21.0 Å². The average molecular weight is 284 g/mol. The Balaban J connectivity index is 2.54. The highest BCUT2D eigenvalue weighted by atomic mass is 35.5. The Morgan fingerprint density at radius 1 is 1.42 bits per heavy atom. The van der Waals surface area contributed by atoms with E-state index in [-0.39, 0.29) is 5.38 Å². The molecule has 2 heterocycles. The summed E-state index contributed by atoms with van der Waals surface area (Å²) < 4.78 is 7.25. The Morgan fingerprint density at radius 3 is 2.74 bits per heavy atom. The van der Waals surface area contributed by atoms with Gasteiger partial charge in [-0.15, -0.1) is 11.6 Å². The van der Waals surface area contributed by atoms with Crippen LogP contribution in [0.3, 0.4) is 0 Å². The predicted molar refractivity (Wildman–Crippen MR) is 74.7 cm³/mol. The molecule has 0 N–H and O–H groups in total. The lowest BCUT2D eigenvalue weighted by Crippen LogP contribution is -2.20. The van der Waals surface area contributed by atoms with Crippen molar-refractivity contribution in [2.75, 3.05) is 27.7 Å². The molecule has 2 aromatic heterocycles. The SMILES string of the molecule is COc1ncnc2c1nc(C(C)Cl)n2CCN(C)C. The minimum Gasteiger partial charge on any atom is -0.479 e. The van der Waals surface area contributed by atoms with E-state index in [4.69, 9.17) is 16.3 Å². The van der Waals surface area contributed by atoms with Gasteiger partial charge in [0.05, 0.1) is 12.5 Å². The first-order valence-corrected chi connectivity index (χ1v) is 6.52. The molecular formula is C12H18ClN5O. The van der Waals surface area contributed by atoms with E-state index in [1.54, 1.807) is 7.11 Å². The number of hydrogen-bond acceptors (Lipinski definition) is 5. The highest BCUT2D eigenvalue weighted by Gasteiger charge is 2.19. The summed E-state index contributed by atoms with van der Waals surface area (Å²) in [4.78, 5) is 15.0. The molecular weight excluding hydrogens is 266 g/mol. The van der Waals surface area contributed by atoms with Crippen LogP contribution in [0.2, 0.25) is 0 Å². The second-order valence-corrected chi connectivity index (χ2v) is 5.25. The van der Waals surface area contributed by atoms with Crippen LogP contribution in [0.5, 0.6) is 5.88 Å². The average Bonchev–Trinajstić information content (AvgIpc) is 2.74. The van der Waals surface area contributed by atoms with Gasteiger partial charge in [0.2, 0.25) is 5.88 Å². The van der Waals surface area contributed by atoms with Crippen LogP contribution in [-0.4, -0.2) is 52.2 Å². The number of aromatic nitrogens is 4. The maximum absolute atomic E-state index is 6.20. The fourth-order valence-electron chi connectivity index (χ4n) is 1.91. The molecule has 0 saturated carbocycles. The summed E-state index contributed by atoms with van der Waals surface area (Å²) in [6.45, 7) is 3.55. The van der Waals surface area contributed by atoms with E-state index < -0.39 is 0 Å². The number of likely N-dealkylation sites (N-methyl/N-ethyl adjacent to an activating group) is 1. The van der Waals surface area contributed by atoms with Gasteiger partial charge in [-0.1, -0.05) is 0 Å². The number of fused-ring (bicyclic) bond motifs is 1. The molecule has 2 rings (SSSR count). The van der Waals surface area contributed by atoms with Crippen LogP contribution in [0, 0.1) is 0 Å². The number of nitrogens with zero attached hydrogens (tertiary/aromatic N) is 5. The second kappa shape index (κ2) is 5.71. The molecule has 2 aromatic rings. The van der Waals surface area contributed by atoms with Crippen molar-refractivity contribution >= 4 is 22.8 Å². The topological polar surface area (TPSA) is 56.1 Å². The van der Waals surface area contributed by atoms with Crippen LogP contribution in [0.1, 0.15) is 18.1 Å². The fraction of sp³-hybridized carbons (Fsp3) is 0.583. The molecule has 0 aliphatic rings. The molecule has 0 amide bonds. The lowest BCUT2D eigenvalue weighted by atomic mass is 10.4. The number of halogens is 1. The van der Waals surface area contributed by atoms with Crippen LogP contribution in [0.4, 0.5) is 0 Å². The smallest absolute Gasteiger partial charge is 0.245 e. The zero-order chi connectivity index (χ0) is 14.0. The maximum atomic E-state index is 6.20. The van der Waals surface area contributed by atoms with E-state index >= 15 is 0 Å². The van der Waals surface area contributed by atoms with Gasteiger partial charge in [-0.25, -0.2) is 9.97 Å². The second-order valence-electron chi connectivity index (χ2n) is 4.60. The third-order valence-corrected chi connectivity index (χ3v) is 3.04. The quantitative estimate of drug-likeness (QED) is 0.782. The molecule has 1 atom stereocenters. The molecule has 0 fully saturated rings. The van der Waals surface area contributed by atoms with E-state index in [0.29, 0.717) is 11.4 Å². The minimum atomic E-state index is -0.193. The van der Waals surface area contributed by atoms with Crippen LogP contribution in [0.15, 0.2) is 6.33 Å². The van der Waals surface area contributed by atoms with Gasteiger partial charge in [0.25, 0.3) is 0 Å². The number of hydrogen-bond donors (Lipinski definition) is 0. The van der Waals surface area contributed by atoms with Gasteiger partial charge in [0.15, 0.2) is 11.2 Å². The molecule has 1 unspecified atom stereocenters. The Morgan fingerprint density at radius 2 is 2.16 bits per heavy atom. The molecule has 0 saturated heterocycles. The zero-order valence-electron chi connectivity index (χ0n) is 11.6. The summed E-state index contributed by atoms with van der Waals surface area (Å²) in [6, 6.07) is 0. The Kier molecular flexibility index (Phi) is 4.21. The van der Waals surface area contributed by atoms with Crippen molar-refractivity contribution in [2.45, 2.75) is 18.8 Å². The minimum absolute atomic E-state index is 0.193. The summed E-state index contributed by atoms with van der Waals surface area (Å²) in [7, 11) is 5.63. The largest absolute Gasteiger partial charge is 0.479 e. The molecule has 0 bridgehead atoms. The van der Waals surface area contributed by atoms with Crippen molar-refractivity contribution < 1.29 is 4.74 Å². The first kappa shape index (κ1) is 14.0. The lowest BCUT2D eigenvalue weighted by molar-refractivity contribution is 0.382. The third kappa shape index (κ3) is 2.79. The number of rotatable bonds is 5. The van der Waals surface area contributed by atoms with Gasteiger partial charge in [0.1, 0.15) is 12.2 Å². The number of alkyl halides is 1. The van der Waals surface area contributed by atoms with Crippen LogP contribution >= 0.6 is 11.6 Å². The maximum Gasteiger partial charge on any atom is 0.245 e. The molecule has 6 nitrogen and oxygen atoms in total. The summed E-state index contributed by atoms with van der Waals surface area (Å²) in [5, 5.41) is -0.193. The monoisotopic (exact) mass is 283 g/mol. The van der Waals surface area contributed by atoms with Crippen molar-refractivity contribution in [3.05, 3.63) is 12.2 Å². The number of ether oxygens (including phenoxy) is 1. The highest BCUT2D eigenvalue weighted by molar-refractivity contribution is 6.20. The van der Waals surface area contributed by atoms with E-state index in [0.717, 1.165) is 24.6 Å². The molecule has 0 aliphatic carbocycles. The molecule has 0 aromatic carbocycles. The number of imidazole rings is 1. The Labute approximate surface area is 117 Å². The first-order valence-electron chi connectivity index (χ1n) is 6.08. The predicted octanol–water partition coefficient (Wildman–Crippen LogP) is 1.70. The Bertz CT molecular complexity index is 566. The van der Waals surface area contributed by atoms with Crippen LogP contribution in [-0.2, 0) is 6.54 Å². The van der Waals surface area contributed by atoms with Gasteiger partial charge in [0, 0.05) is 13.1 Å². The summed E-state index contributed by atoms with van der Waals surface area (Å²) >= 11 is 6.20. The molecule has 0 radical (unpaired) electrons. The molecule has 7 heteroatoms. The molecule has 104 valence electrons. The fourth-order valence-corrected chi connectivity index (χ4v) is 2.07. The van der Waals surface area contributed by atoms with Crippen molar-refractivity contribution in [1.29, 1.82) is 0 Å². The normalized spacial score (nSPS) is 13.2. The highest BCUT2D eigenvalue weighted by Crippen LogP contribution is 2.27. The van der Waals surface area contributed by atoms with E-state index in [9.17, 15) is 0 Å². The summed E-state index contributed by atoms with van der Waals surface area (Å²) in [6.07, 6.45) is 1.48. The first-order chi connectivity index (χ1) is 9.04. The van der Waals surface area contributed by atoms with Crippen molar-refractivity contribution in [1.82, 2.24) is 24.4 Å². The Hall–Kier alpha value is -1.40. The van der Waals surface area contributed by atoms with Crippen molar-refractivity contribution in [3.8, 4) is 5.88 Å². The van der Waals surface area contributed by atoms with Crippen molar-refractivity contribution in [3.63, 3.8) is 0 Å². The van der Waals surface area contributed by atoms with Gasteiger partial charge in [-0.3, -0.25) is 0 Å². The molecule has 0 spiro atoms. The molecule has 19 heavy (non-hydrogen) atoms. The third-order valence-electron chi connectivity index (χ3n) is 2.85. The molecule has 0 aliphatic heterocycles.